The van der Waals surface area contributed by atoms with Gasteiger partial charge in [0.25, 0.3) is 5.91 Å². The molecular formula is C10H8BrNO3. The van der Waals surface area contributed by atoms with E-state index in [0.29, 0.717) is 12.1 Å². The van der Waals surface area contributed by atoms with Gasteiger partial charge >= 0.3 is 5.97 Å². The van der Waals surface area contributed by atoms with Gasteiger partial charge in [0.15, 0.2) is 0 Å². The Bertz CT molecular complexity index is 444. The minimum absolute atomic E-state index is 0.208. The van der Waals surface area contributed by atoms with Crippen molar-refractivity contribution in [1.29, 1.82) is 0 Å². The first-order chi connectivity index (χ1) is 7.08. The van der Waals surface area contributed by atoms with Gasteiger partial charge in [-0.3, -0.25) is 9.59 Å². The lowest BCUT2D eigenvalue weighted by atomic mass is 10.1. The van der Waals surface area contributed by atoms with Crippen molar-refractivity contribution in [2.45, 2.75) is 6.54 Å². The van der Waals surface area contributed by atoms with Crippen molar-refractivity contribution in [3.8, 4) is 0 Å². The molecule has 1 N–H and O–H groups in total. The third kappa shape index (κ3) is 1.87. The Hall–Kier alpha value is -1.36. The highest BCUT2D eigenvalue weighted by molar-refractivity contribution is 9.10. The van der Waals surface area contributed by atoms with E-state index in [1.807, 2.05) is 6.07 Å². The molecule has 1 aliphatic heterocycles. The third-order valence-corrected chi connectivity index (χ3v) is 2.77. The van der Waals surface area contributed by atoms with Gasteiger partial charge < -0.3 is 10.0 Å². The van der Waals surface area contributed by atoms with Gasteiger partial charge in [0.2, 0.25) is 0 Å². The summed E-state index contributed by atoms with van der Waals surface area (Å²) in [4.78, 5) is 23.5. The molecule has 15 heavy (non-hydrogen) atoms. The second-order valence-electron chi connectivity index (χ2n) is 3.36. The molecular weight excluding hydrogens is 262 g/mol. The van der Waals surface area contributed by atoms with E-state index in [1.165, 1.54) is 4.90 Å². The van der Waals surface area contributed by atoms with E-state index in [1.54, 1.807) is 12.1 Å². The highest BCUT2D eigenvalue weighted by Crippen LogP contribution is 2.25. The van der Waals surface area contributed by atoms with Gasteiger partial charge in [0.1, 0.15) is 6.54 Å². The first-order valence-electron chi connectivity index (χ1n) is 4.37. The van der Waals surface area contributed by atoms with E-state index in [-0.39, 0.29) is 12.5 Å². The van der Waals surface area contributed by atoms with Gasteiger partial charge in [-0.25, -0.2) is 0 Å². The van der Waals surface area contributed by atoms with E-state index in [0.717, 1.165) is 10.0 Å². The number of carboxylic acid groups (broad SMARTS) is 1. The van der Waals surface area contributed by atoms with E-state index in [9.17, 15) is 9.59 Å². The number of hydrogen-bond acceptors (Lipinski definition) is 2. The maximum Gasteiger partial charge on any atom is 0.323 e. The lowest BCUT2D eigenvalue weighted by molar-refractivity contribution is -0.137. The summed E-state index contributed by atoms with van der Waals surface area (Å²) in [6.07, 6.45) is 0. The molecule has 0 atom stereocenters. The highest BCUT2D eigenvalue weighted by atomic mass is 79.9. The van der Waals surface area contributed by atoms with Crippen molar-refractivity contribution in [3.05, 3.63) is 33.8 Å². The van der Waals surface area contributed by atoms with Crippen molar-refractivity contribution in [2.75, 3.05) is 6.54 Å². The van der Waals surface area contributed by atoms with Crippen molar-refractivity contribution >= 4 is 27.8 Å². The van der Waals surface area contributed by atoms with Crippen molar-refractivity contribution in [2.24, 2.45) is 0 Å². The number of carbonyl (C=O) groups is 2. The van der Waals surface area contributed by atoms with E-state index in [2.05, 4.69) is 15.9 Å². The molecule has 0 saturated carbocycles. The maximum absolute atomic E-state index is 11.7. The zero-order valence-electron chi connectivity index (χ0n) is 7.74. The number of carbonyl (C=O) groups excluding carboxylic acids is 1. The number of benzene rings is 1. The largest absolute Gasteiger partial charge is 0.480 e. The Morgan fingerprint density at radius 3 is 2.93 bits per heavy atom. The molecule has 1 amide bonds. The Morgan fingerprint density at radius 1 is 1.53 bits per heavy atom. The number of hydrogen-bond donors (Lipinski definition) is 1. The molecule has 0 spiro atoms. The molecule has 4 nitrogen and oxygen atoms in total. The van der Waals surface area contributed by atoms with Crippen molar-refractivity contribution in [1.82, 2.24) is 4.90 Å². The van der Waals surface area contributed by atoms with Crippen LogP contribution in [0, 0.1) is 0 Å². The van der Waals surface area contributed by atoms with Gasteiger partial charge in [-0.05, 0) is 23.8 Å². The topological polar surface area (TPSA) is 57.6 Å². The Labute approximate surface area is 94.6 Å². The minimum Gasteiger partial charge on any atom is -0.480 e. The first kappa shape index (κ1) is 10.2. The molecule has 0 aromatic heterocycles. The van der Waals surface area contributed by atoms with Crippen LogP contribution in [0.15, 0.2) is 22.7 Å². The Kier molecular flexibility index (Phi) is 2.48. The van der Waals surface area contributed by atoms with E-state index >= 15 is 0 Å². The van der Waals surface area contributed by atoms with Crippen LogP contribution in [0.2, 0.25) is 0 Å². The summed E-state index contributed by atoms with van der Waals surface area (Å²) in [5.41, 5.74) is 1.47. The summed E-state index contributed by atoms with van der Waals surface area (Å²) < 4.78 is 0.895. The summed E-state index contributed by atoms with van der Waals surface area (Å²) in [7, 11) is 0. The number of fused-ring (bicyclic) bond motifs is 1. The van der Waals surface area contributed by atoms with Gasteiger partial charge in [-0.2, -0.15) is 0 Å². The van der Waals surface area contributed by atoms with Crippen LogP contribution in [0.4, 0.5) is 0 Å². The fraction of sp³-hybridized carbons (Fsp3) is 0.200. The summed E-state index contributed by atoms with van der Waals surface area (Å²) >= 11 is 3.31. The molecule has 1 heterocycles. The fourth-order valence-electron chi connectivity index (χ4n) is 1.64. The molecule has 0 radical (unpaired) electrons. The van der Waals surface area contributed by atoms with Crippen LogP contribution in [-0.4, -0.2) is 28.4 Å². The summed E-state index contributed by atoms with van der Waals surface area (Å²) in [5, 5.41) is 8.62. The molecule has 2 rings (SSSR count). The van der Waals surface area contributed by atoms with Crippen LogP contribution in [0.5, 0.6) is 0 Å². The SMILES string of the molecule is O=C(O)CN1Cc2cc(Br)ccc2C1=O. The normalized spacial score (nSPS) is 14.2. The monoisotopic (exact) mass is 269 g/mol. The molecule has 78 valence electrons. The standard InChI is InChI=1S/C10H8BrNO3/c11-7-1-2-8-6(3-7)4-12(10(8)15)5-9(13)14/h1-3H,4-5H2,(H,13,14). The molecule has 5 heteroatoms. The average Bonchev–Trinajstić information content (AvgIpc) is 2.42. The molecule has 1 aromatic carbocycles. The molecule has 0 bridgehead atoms. The van der Waals surface area contributed by atoms with Crippen LogP contribution in [0.3, 0.4) is 0 Å². The molecule has 1 aliphatic rings. The first-order valence-corrected chi connectivity index (χ1v) is 5.17. The van der Waals surface area contributed by atoms with Crippen LogP contribution in [0.25, 0.3) is 0 Å². The molecule has 0 fully saturated rings. The van der Waals surface area contributed by atoms with E-state index < -0.39 is 5.97 Å². The summed E-state index contributed by atoms with van der Waals surface area (Å²) in [6, 6.07) is 5.33. The quantitative estimate of drug-likeness (QED) is 0.885. The summed E-state index contributed by atoms with van der Waals surface area (Å²) in [5.74, 6) is -1.20. The van der Waals surface area contributed by atoms with Crippen molar-refractivity contribution in [3.63, 3.8) is 0 Å². The van der Waals surface area contributed by atoms with Crippen LogP contribution in [-0.2, 0) is 11.3 Å². The molecule has 0 saturated heterocycles. The zero-order chi connectivity index (χ0) is 11.0. The lowest BCUT2D eigenvalue weighted by Gasteiger charge is -2.11. The number of nitrogens with zero attached hydrogens (tertiary/aromatic N) is 1. The minimum atomic E-state index is -0.991. The Morgan fingerprint density at radius 2 is 2.27 bits per heavy atom. The average molecular weight is 270 g/mol. The van der Waals surface area contributed by atoms with Crippen molar-refractivity contribution < 1.29 is 14.7 Å². The number of rotatable bonds is 2. The van der Waals surface area contributed by atoms with Gasteiger partial charge in [-0.15, -0.1) is 0 Å². The molecule has 1 aromatic rings. The second kappa shape index (κ2) is 3.66. The van der Waals surface area contributed by atoms with Gasteiger partial charge in [0, 0.05) is 16.6 Å². The number of amides is 1. The third-order valence-electron chi connectivity index (χ3n) is 2.27. The smallest absolute Gasteiger partial charge is 0.323 e. The predicted octanol–water partition coefficient (Wildman–Crippen LogP) is 1.49. The lowest BCUT2D eigenvalue weighted by Crippen LogP contribution is -2.29. The van der Waals surface area contributed by atoms with Gasteiger partial charge in [-0.1, -0.05) is 15.9 Å². The maximum atomic E-state index is 11.7. The highest BCUT2D eigenvalue weighted by Gasteiger charge is 2.28. The van der Waals surface area contributed by atoms with Gasteiger partial charge in [0.05, 0.1) is 0 Å². The molecule has 0 aliphatic carbocycles. The van der Waals surface area contributed by atoms with Crippen LogP contribution in [0.1, 0.15) is 15.9 Å². The van der Waals surface area contributed by atoms with E-state index in [4.69, 9.17) is 5.11 Å². The molecule has 0 unspecified atom stereocenters. The Balaban J connectivity index is 2.29. The second-order valence-corrected chi connectivity index (χ2v) is 4.27. The number of carboxylic acids is 1. The van der Waals surface area contributed by atoms with Crippen LogP contribution < -0.4 is 0 Å². The number of halogens is 1. The summed E-state index contributed by atoms with van der Waals surface area (Å²) in [6.45, 7) is 0.130. The predicted molar refractivity (Wildman–Crippen MR) is 56.5 cm³/mol. The zero-order valence-corrected chi connectivity index (χ0v) is 9.32. The fourth-order valence-corrected chi connectivity index (χ4v) is 2.05. The number of aliphatic carboxylic acids is 1. The van der Waals surface area contributed by atoms with Crippen LogP contribution >= 0.6 is 15.9 Å².